The van der Waals surface area contributed by atoms with Gasteiger partial charge in [0, 0.05) is 24.9 Å². The Hall–Kier alpha value is -1.79. The highest BCUT2D eigenvalue weighted by Gasteiger charge is 2.75. The van der Waals surface area contributed by atoms with Gasteiger partial charge in [0.2, 0.25) is 5.78 Å². The maximum absolute atomic E-state index is 13.6. The molecule has 2 saturated carbocycles. The van der Waals surface area contributed by atoms with Gasteiger partial charge < -0.3 is 4.74 Å². The first-order valence-electron chi connectivity index (χ1n) is 9.10. The van der Waals surface area contributed by atoms with Crippen LogP contribution in [0.3, 0.4) is 0 Å². The van der Waals surface area contributed by atoms with Crippen molar-refractivity contribution >= 4 is 5.78 Å². The molecule has 1 aliphatic heterocycles. The minimum Gasteiger partial charge on any atom is -0.379 e. The van der Waals surface area contributed by atoms with E-state index in [-0.39, 0.29) is 22.5 Å². The zero-order valence-electron chi connectivity index (χ0n) is 14.5. The van der Waals surface area contributed by atoms with E-state index < -0.39 is 11.1 Å². The summed E-state index contributed by atoms with van der Waals surface area (Å²) in [5.41, 5.74) is -1.35. The van der Waals surface area contributed by atoms with E-state index in [1.165, 1.54) is 0 Å². The number of benzene rings is 1. The summed E-state index contributed by atoms with van der Waals surface area (Å²) in [7, 11) is 0. The molecule has 4 rings (SSSR count). The summed E-state index contributed by atoms with van der Waals surface area (Å²) in [6.07, 6.45) is 2.54. The van der Waals surface area contributed by atoms with E-state index in [4.69, 9.17) is 4.74 Å². The molecule has 0 bridgehead atoms. The first-order valence-corrected chi connectivity index (χ1v) is 9.10. The molecule has 25 heavy (non-hydrogen) atoms. The Balaban J connectivity index is 1.86. The summed E-state index contributed by atoms with van der Waals surface area (Å²) in [5.74, 6) is -0.569. The Kier molecular flexibility index (Phi) is 3.92. The molecule has 1 aromatic rings. The topological polar surface area (TPSA) is 72.7 Å². The second-order valence-corrected chi connectivity index (χ2v) is 7.64. The van der Waals surface area contributed by atoms with E-state index in [1.807, 2.05) is 30.3 Å². The van der Waals surface area contributed by atoms with Crippen LogP contribution in [-0.4, -0.2) is 53.0 Å². The van der Waals surface area contributed by atoms with Gasteiger partial charge in [0.25, 0.3) is 5.54 Å². The third-order valence-electron chi connectivity index (χ3n) is 6.66. The van der Waals surface area contributed by atoms with Crippen molar-refractivity contribution in [2.24, 2.45) is 5.92 Å². The van der Waals surface area contributed by atoms with Crippen LogP contribution >= 0.6 is 0 Å². The lowest BCUT2D eigenvalue weighted by Crippen LogP contribution is -2.60. The maximum Gasteiger partial charge on any atom is 0.285 e. The highest BCUT2D eigenvalue weighted by Crippen LogP contribution is 2.60. The van der Waals surface area contributed by atoms with E-state index >= 15 is 0 Å². The van der Waals surface area contributed by atoms with Crippen LogP contribution in [0.2, 0.25) is 0 Å². The molecule has 0 amide bonds. The molecule has 3 aliphatic rings. The third-order valence-corrected chi connectivity index (χ3v) is 6.66. The fraction of sp³-hybridized carbons (Fsp3) is 0.632. The van der Waals surface area contributed by atoms with Crippen LogP contribution in [0.15, 0.2) is 30.3 Å². The molecule has 4 atom stereocenters. The van der Waals surface area contributed by atoms with Crippen LogP contribution in [0.1, 0.15) is 37.7 Å². The number of hydrogen-bond donors (Lipinski definition) is 0. The molecule has 134 valence electrons. The number of ketones is 1. The zero-order chi connectivity index (χ0) is 17.7. The Morgan fingerprint density at radius 1 is 1.24 bits per heavy atom. The Labute approximate surface area is 147 Å². The number of ether oxygens (including phenoxy) is 1. The molecule has 6 nitrogen and oxygen atoms in total. The molecular formula is C19H24N2O4. The third kappa shape index (κ3) is 2.13. The van der Waals surface area contributed by atoms with E-state index in [1.54, 1.807) is 6.92 Å². The summed E-state index contributed by atoms with van der Waals surface area (Å²) in [6.45, 7) is 4.09. The van der Waals surface area contributed by atoms with Gasteiger partial charge >= 0.3 is 0 Å². The molecule has 0 unspecified atom stereocenters. The summed E-state index contributed by atoms with van der Waals surface area (Å²) < 4.78 is 5.46. The minimum absolute atomic E-state index is 0.00380. The van der Waals surface area contributed by atoms with Crippen LogP contribution in [0.5, 0.6) is 0 Å². The summed E-state index contributed by atoms with van der Waals surface area (Å²) in [4.78, 5) is 27.6. The normalized spacial score (nSPS) is 38.7. The number of fused-ring (bicyclic) bond motifs is 1. The number of nitrogens with zero attached hydrogens (tertiary/aromatic N) is 2. The SMILES string of the molecule is C[C@]1([N+](=O)[O-])C(=O)[C@@]2(N3CCOCC3)CCC[C@H]2[C@H]1c1ccccc1. The van der Waals surface area contributed by atoms with Gasteiger partial charge in [-0.2, -0.15) is 0 Å². The van der Waals surface area contributed by atoms with Crippen molar-refractivity contribution in [3.8, 4) is 0 Å². The van der Waals surface area contributed by atoms with Crippen LogP contribution in [0.25, 0.3) is 0 Å². The average Bonchev–Trinajstić information content (AvgIpc) is 3.14. The summed E-state index contributed by atoms with van der Waals surface area (Å²) in [5, 5.41) is 12.1. The first-order chi connectivity index (χ1) is 12.0. The lowest BCUT2D eigenvalue weighted by molar-refractivity contribution is -0.550. The van der Waals surface area contributed by atoms with Gasteiger partial charge in [0.05, 0.1) is 24.7 Å². The van der Waals surface area contributed by atoms with E-state index in [0.29, 0.717) is 26.3 Å². The standard InChI is InChI=1S/C19H24N2O4/c1-18(21(23)24)16(14-6-3-2-4-7-14)15-8-5-9-19(15,17(18)22)20-10-12-25-13-11-20/h2-4,6-7,15-16H,5,8-13H2,1H3/t15-,16+,18+,19+/m0/s1. The molecule has 0 radical (unpaired) electrons. The molecule has 0 spiro atoms. The van der Waals surface area contributed by atoms with E-state index in [9.17, 15) is 14.9 Å². The van der Waals surface area contributed by atoms with Crippen molar-refractivity contribution in [3.05, 3.63) is 46.0 Å². The number of rotatable bonds is 3. The highest BCUT2D eigenvalue weighted by molar-refractivity contribution is 6.00. The van der Waals surface area contributed by atoms with Gasteiger partial charge in [0.15, 0.2) is 0 Å². The lowest BCUT2D eigenvalue weighted by Gasteiger charge is -2.42. The highest BCUT2D eigenvalue weighted by atomic mass is 16.6. The molecule has 1 heterocycles. The fourth-order valence-corrected chi connectivity index (χ4v) is 5.62. The monoisotopic (exact) mass is 344 g/mol. The molecule has 0 aromatic heterocycles. The molecule has 0 N–H and O–H groups in total. The van der Waals surface area contributed by atoms with Crippen molar-refractivity contribution in [2.45, 2.75) is 43.2 Å². The molecule has 1 saturated heterocycles. The number of carbonyl (C=O) groups is 1. The van der Waals surface area contributed by atoms with Crippen molar-refractivity contribution < 1.29 is 14.5 Å². The predicted octanol–water partition coefficient (Wildman–Crippen LogP) is 2.26. The largest absolute Gasteiger partial charge is 0.379 e. The molecule has 3 fully saturated rings. The van der Waals surface area contributed by atoms with Crippen molar-refractivity contribution in [2.75, 3.05) is 26.3 Å². The lowest BCUT2D eigenvalue weighted by atomic mass is 9.77. The van der Waals surface area contributed by atoms with Gasteiger partial charge in [-0.15, -0.1) is 0 Å². The Morgan fingerprint density at radius 2 is 1.92 bits per heavy atom. The fourth-order valence-electron chi connectivity index (χ4n) is 5.62. The van der Waals surface area contributed by atoms with Crippen molar-refractivity contribution in [3.63, 3.8) is 0 Å². The zero-order valence-corrected chi connectivity index (χ0v) is 14.5. The molecule has 1 aromatic carbocycles. The van der Waals surface area contributed by atoms with Gasteiger partial charge in [-0.05, 0) is 24.3 Å². The van der Waals surface area contributed by atoms with Gasteiger partial charge in [-0.25, -0.2) is 0 Å². The average molecular weight is 344 g/mol. The van der Waals surface area contributed by atoms with Crippen LogP contribution in [0, 0.1) is 16.0 Å². The van der Waals surface area contributed by atoms with Gasteiger partial charge in [0.1, 0.15) is 0 Å². The second-order valence-electron chi connectivity index (χ2n) is 7.64. The number of hydrogen-bond acceptors (Lipinski definition) is 5. The number of morpholine rings is 1. The Morgan fingerprint density at radius 3 is 2.56 bits per heavy atom. The van der Waals surface area contributed by atoms with Gasteiger partial charge in [-0.1, -0.05) is 36.8 Å². The molecule has 2 aliphatic carbocycles. The number of nitro groups is 1. The maximum atomic E-state index is 13.6. The summed E-state index contributed by atoms with van der Waals surface area (Å²) in [6, 6.07) is 9.60. The smallest absolute Gasteiger partial charge is 0.285 e. The van der Waals surface area contributed by atoms with Crippen LogP contribution in [0.4, 0.5) is 0 Å². The van der Waals surface area contributed by atoms with Crippen LogP contribution < -0.4 is 0 Å². The Bertz CT molecular complexity index is 688. The van der Waals surface area contributed by atoms with Crippen molar-refractivity contribution in [1.29, 1.82) is 0 Å². The second kappa shape index (κ2) is 5.88. The predicted molar refractivity (Wildman–Crippen MR) is 92.1 cm³/mol. The number of Topliss-reactive ketones (excluding diaryl/α,β-unsaturated/α-hetero) is 1. The van der Waals surface area contributed by atoms with E-state index in [2.05, 4.69) is 4.90 Å². The molecule has 6 heteroatoms. The quantitative estimate of drug-likeness (QED) is 0.621. The number of carbonyl (C=O) groups excluding carboxylic acids is 1. The first kappa shape index (κ1) is 16.7. The molecular weight excluding hydrogens is 320 g/mol. The van der Waals surface area contributed by atoms with Gasteiger partial charge in [-0.3, -0.25) is 19.8 Å². The summed E-state index contributed by atoms with van der Waals surface area (Å²) >= 11 is 0. The minimum atomic E-state index is -1.56. The van der Waals surface area contributed by atoms with Crippen LogP contribution in [-0.2, 0) is 9.53 Å². The van der Waals surface area contributed by atoms with Crippen molar-refractivity contribution in [1.82, 2.24) is 4.90 Å². The van der Waals surface area contributed by atoms with E-state index in [0.717, 1.165) is 24.8 Å².